The molecule has 0 fully saturated rings. The maximum atomic E-state index is 12.0. The molecule has 1 aromatic rings. The fourth-order valence-electron chi connectivity index (χ4n) is 2.12. The number of hydrogen-bond acceptors (Lipinski definition) is 4. The van der Waals surface area contributed by atoms with Crippen LogP contribution in [0.25, 0.3) is 0 Å². The molecule has 0 bridgehead atoms. The van der Waals surface area contributed by atoms with E-state index < -0.39 is 0 Å². The number of hydrogen-bond donors (Lipinski definition) is 2. The first-order valence-corrected chi connectivity index (χ1v) is 7.00. The molecule has 5 nitrogen and oxygen atoms in total. The van der Waals surface area contributed by atoms with Gasteiger partial charge in [0.1, 0.15) is 5.82 Å². The van der Waals surface area contributed by atoms with E-state index in [4.69, 9.17) is 0 Å². The molecule has 106 valence electrons. The first-order chi connectivity index (χ1) is 9.12. The van der Waals surface area contributed by atoms with Gasteiger partial charge in [0.25, 0.3) is 5.91 Å². The van der Waals surface area contributed by atoms with Gasteiger partial charge in [-0.05, 0) is 31.9 Å². The van der Waals surface area contributed by atoms with Crippen LogP contribution in [-0.4, -0.2) is 28.7 Å². The van der Waals surface area contributed by atoms with Gasteiger partial charge in [0, 0.05) is 12.6 Å². The Bertz CT molecular complexity index is 387. The molecule has 1 heterocycles. The van der Waals surface area contributed by atoms with Gasteiger partial charge in [-0.15, -0.1) is 10.2 Å². The molecule has 0 aliphatic heterocycles. The minimum absolute atomic E-state index is 0.151. The minimum Gasteiger partial charge on any atom is -0.369 e. The summed E-state index contributed by atoms with van der Waals surface area (Å²) >= 11 is 0. The molecule has 2 N–H and O–H groups in total. The standard InChI is InChI=1S/C14H24N4O/c1-5-11(6-2)10(4)16-14(19)12-8-9-13(15-7-3)18-17-12/h8-11H,5-7H2,1-4H3,(H,15,18)(H,16,19). The van der Waals surface area contributed by atoms with E-state index in [9.17, 15) is 4.79 Å². The molecule has 0 saturated heterocycles. The van der Waals surface area contributed by atoms with Crippen LogP contribution in [0.2, 0.25) is 0 Å². The van der Waals surface area contributed by atoms with E-state index in [0.29, 0.717) is 17.4 Å². The highest BCUT2D eigenvalue weighted by Gasteiger charge is 2.17. The van der Waals surface area contributed by atoms with Gasteiger partial charge in [-0.25, -0.2) is 0 Å². The first-order valence-electron chi connectivity index (χ1n) is 7.00. The van der Waals surface area contributed by atoms with E-state index in [0.717, 1.165) is 19.4 Å². The molecule has 19 heavy (non-hydrogen) atoms. The van der Waals surface area contributed by atoms with Crippen LogP contribution in [0.4, 0.5) is 5.82 Å². The van der Waals surface area contributed by atoms with Gasteiger partial charge in [-0.1, -0.05) is 26.7 Å². The summed E-state index contributed by atoms with van der Waals surface area (Å²) in [6, 6.07) is 3.62. The molecule has 1 aromatic heterocycles. The summed E-state index contributed by atoms with van der Waals surface area (Å²) < 4.78 is 0. The molecular formula is C14H24N4O. The monoisotopic (exact) mass is 264 g/mol. The number of carbonyl (C=O) groups excluding carboxylic acids is 1. The molecule has 0 aliphatic rings. The first kappa shape index (κ1) is 15.4. The summed E-state index contributed by atoms with van der Waals surface area (Å²) in [5, 5.41) is 13.9. The van der Waals surface area contributed by atoms with Crippen molar-refractivity contribution in [3.8, 4) is 0 Å². The topological polar surface area (TPSA) is 66.9 Å². The highest BCUT2D eigenvalue weighted by molar-refractivity contribution is 5.92. The predicted molar refractivity (Wildman–Crippen MR) is 77.2 cm³/mol. The Morgan fingerprint density at radius 2 is 1.89 bits per heavy atom. The second-order valence-electron chi connectivity index (χ2n) is 4.67. The highest BCUT2D eigenvalue weighted by Crippen LogP contribution is 2.13. The molecule has 1 unspecified atom stereocenters. The SMILES string of the molecule is CCNc1ccc(C(=O)NC(C)C(CC)CC)nn1. The van der Waals surface area contributed by atoms with Crippen LogP contribution in [0.5, 0.6) is 0 Å². The Labute approximate surface area is 115 Å². The molecular weight excluding hydrogens is 240 g/mol. The van der Waals surface area contributed by atoms with Crippen molar-refractivity contribution in [1.82, 2.24) is 15.5 Å². The van der Waals surface area contributed by atoms with Gasteiger partial charge in [0.15, 0.2) is 5.69 Å². The van der Waals surface area contributed by atoms with Crippen molar-refractivity contribution in [3.05, 3.63) is 17.8 Å². The Morgan fingerprint density at radius 3 is 2.37 bits per heavy atom. The van der Waals surface area contributed by atoms with Gasteiger partial charge in [0.2, 0.25) is 0 Å². The van der Waals surface area contributed by atoms with E-state index in [1.54, 1.807) is 12.1 Å². The van der Waals surface area contributed by atoms with Crippen LogP contribution in [0, 0.1) is 5.92 Å². The van der Waals surface area contributed by atoms with E-state index in [1.807, 2.05) is 13.8 Å². The lowest BCUT2D eigenvalue weighted by Crippen LogP contribution is -2.38. The van der Waals surface area contributed by atoms with Crippen molar-refractivity contribution in [2.24, 2.45) is 5.92 Å². The maximum absolute atomic E-state index is 12.0. The van der Waals surface area contributed by atoms with Crippen LogP contribution in [-0.2, 0) is 0 Å². The number of carbonyl (C=O) groups is 1. The normalized spacial score (nSPS) is 12.3. The molecule has 1 rings (SSSR count). The fourth-order valence-corrected chi connectivity index (χ4v) is 2.12. The van der Waals surface area contributed by atoms with Gasteiger partial charge in [0.05, 0.1) is 0 Å². The number of aromatic nitrogens is 2. The van der Waals surface area contributed by atoms with Gasteiger partial charge >= 0.3 is 0 Å². The third-order valence-electron chi connectivity index (χ3n) is 3.37. The summed E-state index contributed by atoms with van der Waals surface area (Å²) in [4.78, 5) is 12.0. The summed E-state index contributed by atoms with van der Waals surface area (Å²) in [5.74, 6) is 1.03. The van der Waals surface area contributed by atoms with E-state index in [-0.39, 0.29) is 11.9 Å². The lowest BCUT2D eigenvalue weighted by molar-refractivity contribution is 0.0919. The van der Waals surface area contributed by atoms with E-state index in [1.165, 1.54) is 0 Å². The van der Waals surface area contributed by atoms with Crippen molar-refractivity contribution >= 4 is 11.7 Å². The van der Waals surface area contributed by atoms with Crippen LogP contribution < -0.4 is 10.6 Å². The third kappa shape index (κ3) is 4.50. The number of amides is 1. The third-order valence-corrected chi connectivity index (χ3v) is 3.37. The number of nitrogens with one attached hydrogen (secondary N) is 2. The smallest absolute Gasteiger partial charge is 0.272 e. The van der Waals surface area contributed by atoms with Crippen molar-refractivity contribution in [1.29, 1.82) is 0 Å². The van der Waals surface area contributed by atoms with Crippen molar-refractivity contribution < 1.29 is 4.79 Å². The zero-order valence-electron chi connectivity index (χ0n) is 12.2. The fraction of sp³-hybridized carbons (Fsp3) is 0.643. The summed E-state index contributed by atoms with van der Waals surface area (Å²) in [5.41, 5.74) is 0.361. The molecule has 0 saturated carbocycles. The Balaban J connectivity index is 2.62. The highest BCUT2D eigenvalue weighted by atomic mass is 16.2. The van der Waals surface area contributed by atoms with Gasteiger partial charge in [-0.2, -0.15) is 0 Å². The molecule has 1 atom stereocenters. The largest absolute Gasteiger partial charge is 0.369 e. The van der Waals surface area contributed by atoms with E-state index in [2.05, 4.69) is 34.7 Å². The van der Waals surface area contributed by atoms with Crippen LogP contribution in [0.3, 0.4) is 0 Å². The lowest BCUT2D eigenvalue weighted by Gasteiger charge is -2.22. The summed E-state index contributed by atoms with van der Waals surface area (Å²) in [6.07, 6.45) is 2.12. The Hall–Kier alpha value is -1.65. The van der Waals surface area contributed by atoms with E-state index >= 15 is 0 Å². The Kier molecular flexibility index (Phi) is 6.25. The molecule has 0 radical (unpaired) electrons. The number of anilines is 1. The average molecular weight is 264 g/mol. The molecule has 0 aliphatic carbocycles. The second kappa shape index (κ2) is 7.71. The van der Waals surface area contributed by atoms with Crippen molar-refractivity contribution in [2.75, 3.05) is 11.9 Å². The predicted octanol–water partition coefficient (Wildman–Crippen LogP) is 2.46. The lowest BCUT2D eigenvalue weighted by atomic mass is 9.95. The number of rotatable bonds is 7. The Morgan fingerprint density at radius 1 is 1.21 bits per heavy atom. The van der Waals surface area contributed by atoms with Crippen LogP contribution in [0.1, 0.15) is 51.0 Å². The van der Waals surface area contributed by atoms with Crippen LogP contribution >= 0.6 is 0 Å². The maximum Gasteiger partial charge on any atom is 0.272 e. The van der Waals surface area contributed by atoms with Crippen molar-refractivity contribution in [2.45, 2.75) is 46.6 Å². The zero-order valence-corrected chi connectivity index (χ0v) is 12.2. The molecule has 0 aromatic carbocycles. The second-order valence-corrected chi connectivity index (χ2v) is 4.67. The van der Waals surface area contributed by atoms with Crippen molar-refractivity contribution in [3.63, 3.8) is 0 Å². The summed E-state index contributed by atoms with van der Waals surface area (Å²) in [6.45, 7) is 9.09. The summed E-state index contributed by atoms with van der Waals surface area (Å²) in [7, 11) is 0. The quantitative estimate of drug-likeness (QED) is 0.794. The molecule has 5 heteroatoms. The number of nitrogens with zero attached hydrogens (tertiary/aromatic N) is 2. The average Bonchev–Trinajstić information content (AvgIpc) is 2.41. The van der Waals surface area contributed by atoms with Gasteiger partial charge < -0.3 is 10.6 Å². The molecule has 1 amide bonds. The van der Waals surface area contributed by atoms with Gasteiger partial charge in [-0.3, -0.25) is 4.79 Å². The molecule has 0 spiro atoms. The zero-order chi connectivity index (χ0) is 14.3. The van der Waals surface area contributed by atoms with Crippen LogP contribution in [0.15, 0.2) is 12.1 Å². The minimum atomic E-state index is -0.157.